The van der Waals surface area contributed by atoms with E-state index in [1.54, 1.807) is 0 Å². The second kappa shape index (κ2) is 2.47. The van der Waals surface area contributed by atoms with Crippen molar-refractivity contribution in [2.75, 3.05) is 6.16 Å². The van der Waals surface area contributed by atoms with Crippen LogP contribution in [0.3, 0.4) is 0 Å². The van der Waals surface area contributed by atoms with Crippen molar-refractivity contribution in [1.29, 1.82) is 0 Å². The number of pyridine rings is 2. The Hall–Kier alpha value is -0.104. The summed E-state index contributed by atoms with van der Waals surface area (Å²) in [6.45, 7) is 12.3. The Balaban J connectivity index is 1.37. The summed E-state index contributed by atoms with van der Waals surface area (Å²) in [6.07, 6.45) is 5.50. The van der Waals surface area contributed by atoms with Crippen molar-refractivity contribution in [1.82, 2.24) is 9.97 Å². The van der Waals surface area contributed by atoms with Gasteiger partial charge >= 0.3 is 206 Å². The number of fused-ring (bicyclic) bond motifs is 10. The number of rotatable bonds is 5. The molecule has 35 heavy (non-hydrogen) atoms. The van der Waals surface area contributed by atoms with E-state index in [-0.39, 0.29) is 5.16 Å². The van der Waals surface area contributed by atoms with Crippen LogP contribution < -0.4 is 0 Å². The van der Waals surface area contributed by atoms with Crippen molar-refractivity contribution in [2.45, 2.75) is 91.3 Å². The molecule has 11 unspecified atom stereocenters. The monoisotopic (exact) mass is 560 g/mol. The molecule has 10 fully saturated rings. The van der Waals surface area contributed by atoms with Gasteiger partial charge in [-0.05, 0) is 0 Å². The molecule has 2 aromatic heterocycles. The first-order valence-electron chi connectivity index (χ1n) is 13.8. The standard InChI is InChI=1S/C21H25N2P2.C8H13Si.Fe/c1-20(2,3)16-11-10-15(14-24)19(16)21(25,17-8-4-6-12-22-17)18-9-5-7-13-23-18;1-9(2,3)8-6-4-5-7-8;/h4-13H,14,24-25H2,1-3H3;4-7H,1-3H3;. The van der Waals surface area contributed by atoms with E-state index in [0.717, 1.165) is 3.94 Å². The van der Waals surface area contributed by atoms with Crippen LogP contribution in [0.25, 0.3) is 0 Å². The fourth-order valence-electron chi connectivity index (χ4n) is 25.5. The normalized spacial score (nSPS) is 71.8. The first-order valence-corrected chi connectivity index (χ1v) is 24.7. The molecule has 1 spiro atoms. The molecule has 0 saturated carbocycles. The van der Waals surface area contributed by atoms with E-state index in [4.69, 9.17) is 9.97 Å². The van der Waals surface area contributed by atoms with Crippen LogP contribution in [0.1, 0.15) is 32.2 Å². The van der Waals surface area contributed by atoms with Gasteiger partial charge in [0, 0.05) is 0 Å². The molecule has 0 N–H and O–H groups in total. The topological polar surface area (TPSA) is 25.8 Å². The van der Waals surface area contributed by atoms with Crippen molar-refractivity contribution >= 4 is 26.6 Å². The van der Waals surface area contributed by atoms with Gasteiger partial charge in [-0.3, -0.25) is 0 Å². The Labute approximate surface area is 205 Å². The van der Waals surface area contributed by atoms with E-state index in [9.17, 15) is 0 Å². The van der Waals surface area contributed by atoms with Crippen LogP contribution >= 0.6 is 18.5 Å². The summed E-state index contributed by atoms with van der Waals surface area (Å²) in [6, 6.07) is 13.5. The fourth-order valence-corrected chi connectivity index (χ4v) is 143. The molecule has 0 bridgehead atoms. The van der Waals surface area contributed by atoms with Crippen LogP contribution in [0, 0.1) is 5.41 Å². The Morgan fingerprint density at radius 3 is 1.77 bits per heavy atom. The SMILES string of the molecule is CC(C)(C)[C]12[CH]3[CH]4[C]5(CP)[C]1(C(P)(c1ccccn1)c1ccccn1)[Fe]43521678[CH]2[CH]1[CH]6[C]7([Si](C)(C)C)[CH]28. The second-order valence-corrected chi connectivity index (χ2v) is 47.7. The summed E-state index contributed by atoms with van der Waals surface area (Å²) in [7, 11) is 5.66. The molecule has 12 rings (SSSR count). The summed E-state index contributed by atoms with van der Waals surface area (Å²) in [5.41, 5.74) is 3.00. The average Bonchev–Trinajstić information content (AvgIpc) is 3.77. The molecule has 0 aromatic carbocycles. The van der Waals surface area contributed by atoms with Gasteiger partial charge in [0.2, 0.25) is 0 Å². The Morgan fingerprint density at radius 2 is 1.43 bits per heavy atom. The van der Waals surface area contributed by atoms with E-state index in [0.29, 0.717) is 18.4 Å². The maximum atomic E-state index is 5.25. The van der Waals surface area contributed by atoms with Crippen molar-refractivity contribution < 1.29 is 6.51 Å². The van der Waals surface area contributed by atoms with Crippen molar-refractivity contribution in [3.05, 3.63) is 60.2 Å². The van der Waals surface area contributed by atoms with Crippen molar-refractivity contribution in [2.24, 2.45) is 5.41 Å². The third-order valence-corrected chi connectivity index (χ3v) is 77.1. The molecule has 2 nitrogen and oxygen atoms in total. The van der Waals surface area contributed by atoms with Gasteiger partial charge in [-0.2, -0.15) is 0 Å². The van der Waals surface area contributed by atoms with Crippen LogP contribution in [0.5, 0.6) is 0 Å². The molecular weight excluding hydrogens is 522 g/mol. The Kier molecular flexibility index (Phi) is 1.34. The van der Waals surface area contributed by atoms with Crippen molar-refractivity contribution in [3.8, 4) is 0 Å². The zero-order valence-electron chi connectivity index (χ0n) is 21.7. The molecule has 12 heterocycles. The van der Waals surface area contributed by atoms with Gasteiger partial charge in [-0.15, -0.1) is 0 Å². The van der Waals surface area contributed by atoms with Crippen LogP contribution in [0.4, 0.5) is 0 Å². The van der Waals surface area contributed by atoms with E-state index in [1.165, 1.54) is 46.4 Å². The summed E-state index contributed by atoms with van der Waals surface area (Å²) in [4.78, 5) is 17.6. The van der Waals surface area contributed by atoms with E-state index < -0.39 is 14.6 Å². The van der Waals surface area contributed by atoms with E-state index in [2.05, 4.69) is 108 Å². The molecule has 10 aliphatic heterocycles. The van der Waals surface area contributed by atoms with Crippen molar-refractivity contribution in [3.63, 3.8) is 0 Å². The van der Waals surface area contributed by atoms with Gasteiger partial charge in [0.25, 0.3) is 0 Å². The van der Waals surface area contributed by atoms with Crippen LogP contribution in [0.15, 0.2) is 48.8 Å². The number of hydrogen-bond donors (Lipinski definition) is 0. The van der Waals surface area contributed by atoms with Gasteiger partial charge in [0.05, 0.1) is 0 Å². The molecule has 2 aromatic rings. The quantitative estimate of drug-likeness (QED) is 0.272. The van der Waals surface area contributed by atoms with Gasteiger partial charge in [-0.1, -0.05) is 0 Å². The van der Waals surface area contributed by atoms with Crippen LogP contribution in [-0.4, -0.2) is 24.2 Å². The zero-order valence-corrected chi connectivity index (χ0v) is 26.1. The first-order chi connectivity index (χ1) is 16.2. The van der Waals surface area contributed by atoms with Gasteiger partial charge in [0.1, 0.15) is 0 Å². The minimum absolute atomic E-state index is 0.147. The van der Waals surface area contributed by atoms with E-state index >= 15 is 0 Å². The number of nitrogens with zero attached hydrogens (tertiary/aromatic N) is 2. The predicted octanol–water partition coefficient (Wildman–Crippen LogP) is 8.26. The maximum absolute atomic E-state index is 5.25. The first kappa shape index (κ1) is 19.0. The number of aromatic nitrogens is 2. The predicted molar refractivity (Wildman–Crippen MR) is 150 cm³/mol. The molecule has 10 aliphatic rings. The summed E-state index contributed by atoms with van der Waals surface area (Å²) >= 11 is 0. The Bertz CT molecular complexity index is 1900. The summed E-state index contributed by atoms with van der Waals surface area (Å²) < 4.78 is 2.58. The molecular formula is C29H38FeN2P2Si. The van der Waals surface area contributed by atoms with Gasteiger partial charge in [-0.25, -0.2) is 0 Å². The molecule has 0 aliphatic carbocycles. The fraction of sp³-hybridized carbons (Fsp3) is 0.655. The van der Waals surface area contributed by atoms with Crippen LogP contribution in [0.2, 0.25) is 65.4 Å². The van der Waals surface area contributed by atoms with Gasteiger partial charge < -0.3 is 0 Å². The third-order valence-electron chi connectivity index (χ3n) is 20.7. The van der Waals surface area contributed by atoms with E-state index in [1.807, 2.05) is 0 Å². The second-order valence-electron chi connectivity index (χ2n) is 18.0. The molecule has 11 atom stereocenters. The number of hydrogen-bond acceptors (Lipinski definition) is 2. The molecule has 10 saturated heterocycles. The molecule has 0 amide bonds. The third kappa shape index (κ3) is 0.354. The zero-order chi connectivity index (χ0) is 24.2. The summed E-state index contributed by atoms with van der Waals surface area (Å²) in [5, 5.41) is -0.147. The average molecular weight is 561 g/mol. The summed E-state index contributed by atoms with van der Waals surface area (Å²) in [5.74, 6) is 0. The Morgan fingerprint density at radius 1 is 0.886 bits per heavy atom. The van der Waals surface area contributed by atoms with Gasteiger partial charge in [0.15, 0.2) is 0 Å². The molecule has 0 radical (unpaired) electrons. The molecule has 186 valence electrons. The minimum atomic E-state index is -4.26. The van der Waals surface area contributed by atoms with Crippen LogP contribution in [-0.2, 0) is 11.7 Å². The molecule has 6 heteroatoms.